The lowest BCUT2D eigenvalue weighted by molar-refractivity contribution is 0.624. The van der Waals surface area contributed by atoms with Crippen LogP contribution in [0.4, 0.5) is 10.1 Å². The third kappa shape index (κ3) is 2.29. The van der Waals surface area contributed by atoms with Crippen molar-refractivity contribution < 1.29 is 4.39 Å². The Bertz CT molecular complexity index is 895. The molecular weight excluding hydrogens is 299 g/mol. The summed E-state index contributed by atoms with van der Waals surface area (Å²) in [5, 5.41) is 3.49. The van der Waals surface area contributed by atoms with Gasteiger partial charge in [0.05, 0.1) is 21.3 Å². The Kier molecular flexibility index (Phi) is 3.91. The number of halogens is 1. The first-order chi connectivity index (χ1) is 10.5. The molecule has 0 aliphatic rings. The predicted octanol–water partition coefficient (Wildman–Crippen LogP) is 4.22. The van der Waals surface area contributed by atoms with Gasteiger partial charge in [-0.1, -0.05) is 13.3 Å². The molecule has 0 fully saturated rings. The van der Waals surface area contributed by atoms with Crippen molar-refractivity contribution in [2.45, 2.75) is 26.3 Å². The fraction of sp³-hybridized carbons (Fsp3) is 0.353. The number of anilines is 1. The van der Waals surface area contributed by atoms with Crippen molar-refractivity contribution in [3.63, 3.8) is 0 Å². The highest BCUT2D eigenvalue weighted by Gasteiger charge is 2.17. The lowest BCUT2D eigenvalue weighted by atomic mass is 10.1. The molecule has 0 bridgehead atoms. The fourth-order valence-electron chi connectivity index (χ4n) is 2.79. The summed E-state index contributed by atoms with van der Waals surface area (Å²) in [5.41, 5.74) is 1.74. The summed E-state index contributed by atoms with van der Waals surface area (Å²) in [4.78, 5) is 14.9. The number of hydrogen-bond donors (Lipinski definition) is 0. The number of aryl methyl sites for hydroxylation is 1. The van der Waals surface area contributed by atoms with Crippen LogP contribution in [0.2, 0.25) is 0 Å². The van der Waals surface area contributed by atoms with Gasteiger partial charge in [0.2, 0.25) is 0 Å². The van der Waals surface area contributed by atoms with Crippen molar-refractivity contribution >= 4 is 38.0 Å². The van der Waals surface area contributed by atoms with Crippen molar-refractivity contribution in [1.29, 1.82) is 0 Å². The van der Waals surface area contributed by atoms with Gasteiger partial charge in [-0.15, -0.1) is 11.3 Å². The van der Waals surface area contributed by atoms with Gasteiger partial charge in [0, 0.05) is 31.4 Å². The molecule has 0 spiro atoms. The molecule has 3 nitrogen and oxygen atoms in total. The quantitative estimate of drug-likeness (QED) is 0.719. The SMILES string of the molecule is CCCCn1c(=O)c2c(N(C)C)csc2c2cc(F)ccc21. The monoisotopic (exact) mass is 318 g/mol. The molecule has 0 aliphatic heterocycles. The Morgan fingerprint density at radius 1 is 1.32 bits per heavy atom. The average molecular weight is 318 g/mol. The van der Waals surface area contributed by atoms with Gasteiger partial charge < -0.3 is 9.47 Å². The number of rotatable bonds is 4. The number of hydrogen-bond acceptors (Lipinski definition) is 3. The average Bonchev–Trinajstić information content (AvgIpc) is 2.93. The molecule has 2 heterocycles. The molecule has 0 unspecified atom stereocenters. The van der Waals surface area contributed by atoms with Crippen molar-refractivity contribution in [1.82, 2.24) is 4.57 Å². The molecule has 22 heavy (non-hydrogen) atoms. The molecule has 1 aromatic carbocycles. The number of benzene rings is 1. The standard InChI is InChI=1S/C17H19FN2OS/c1-4-5-8-20-13-7-6-11(18)9-12(13)16-15(17(20)21)14(10-22-16)19(2)3/h6-7,9-10H,4-5,8H2,1-3H3. The maximum Gasteiger partial charge on any atom is 0.261 e. The molecule has 0 saturated heterocycles. The van der Waals surface area contributed by atoms with Gasteiger partial charge in [0.1, 0.15) is 5.82 Å². The summed E-state index contributed by atoms with van der Waals surface area (Å²) < 4.78 is 16.4. The fourth-order valence-corrected chi connectivity index (χ4v) is 3.95. The topological polar surface area (TPSA) is 25.2 Å². The van der Waals surface area contributed by atoms with E-state index in [0.29, 0.717) is 11.9 Å². The van der Waals surface area contributed by atoms with Crippen LogP contribution < -0.4 is 10.5 Å². The number of thiophene rings is 1. The molecule has 0 radical (unpaired) electrons. The summed E-state index contributed by atoms with van der Waals surface area (Å²) >= 11 is 1.51. The third-order valence-electron chi connectivity index (χ3n) is 3.94. The van der Waals surface area contributed by atoms with E-state index in [0.717, 1.165) is 34.1 Å². The van der Waals surface area contributed by atoms with E-state index in [2.05, 4.69) is 6.92 Å². The number of aromatic nitrogens is 1. The van der Waals surface area contributed by atoms with E-state index in [-0.39, 0.29) is 11.4 Å². The van der Waals surface area contributed by atoms with Gasteiger partial charge in [-0.05, 0) is 24.6 Å². The molecule has 2 aromatic heterocycles. The smallest absolute Gasteiger partial charge is 0.261 e. The van der Waals surface area contributed by atoms with Gasteiger partial charge in [-0.3, -0.25) is 4.79 Å². The summed E-state index contributed by atoms with van der Waals surface area (Å²) in [6, 6.07) is 4.68. The molecule has 0 amide bonds. The second-order valence-electron chi connectivity index (χ2n) is 5.69. The Morgan fingerprint density at radius 3 is 2.77 bits per heavy atom. The normalized spacial score (nSPS) is 11.5. The van der Waals surface area contributed by atoms with Crippen LogP contribution in [-0.4, -0.2) is 18.7 Å². The molecule has 3 aromatic rings. The van der Waals surface area contributed by atoms with Gasteiger partial charge in [-0.2, -0.15) is 0 Å². The van der Waals surface area contributed by atoms with E-state index in [1.54, 1.807) is 10.6 Å². The summed E-state index contributed by atoms with van der Waals surface area (Å²) in [6.07, 6.45) is 1.94. The Labute approximate surface area is 132 Å². The second kappa shape index (κ2) is 5.72. The number of nitrogens with zero attached hydrogens (tertiary/aromatic N) is 2. The zero-order chi connectivity index (χ0) is 15.9. The Hall–Kier alpha value is -1.88. The predicted molar refractivity (Wildman–Crippen MR) is 92.8 cm³/mol. The molecule has 3 rings (SSSR count). The van der Waals surface area contributed by atoms with E-state index in [9.17, 15) is 9.18 Å². The first-order valence-corrected chi connectivity index (χ1v) is 8.33. The second-order valence-corrected chi connectivity index (χ2v) is 6.57. The van der Waals surface area contributed by atoms with Gasteiger partial charge in [0.25, 0.3) is 5.56 Å². The van der Waals surface area contributed by atoms with E-state index < -0.39 is 0 Å². The van der Waals surface area contributed by atoms with Crippen LogP contribution in [0.5, 0.6) is 0 Å². The highest BCUT2D eigenvalue weighted by atomic mass is 32.1. The van der Waals surface area contributed by atoms with Crippen LogP contribution in [0.15, 0.2) is 28.4 Å². The number of pyridine rings is 1. The largest absolute Gasteiger partial charge is 0.376 e. The number of unbranched alkanes of at least 4 members (excludes halogenated alkanes) is 1. The van der Waals surface area contributed by atoms with Gasteiger partial charge >= 0.3 is 0 Å². The minimum Gasteiger partial charge on any atom is -0.376 e. The third-order valence-corrected chi connectivity index (χ3v) is 4.94. The first-order valence-electron chi connectivity index (χ1n) is 7.45. The lowest BCUT2D eigenvalue weighted by Crippen LogP contribution is -2.22. The van der Waals surface area contributed by atoms with Crippen molar-refractivity contribution in [3.05, 3.63) is 39.8 Å². The number of fused-ring (bicyclic) bond motifs is 3. The molecular formula is C17H19FN2OS. The van der Waals surface area contributed by atoms with Crippen LogP contribution in [-0.2, 0) is 6.54 Å². The maximum absolute atomic E-state index is 13.7. The van der Waals surface area contributed by atoms with E-state index in [1.807, 2.05) is 24.4 Å². The van der Waals surface area contributed by atoms with Crippen molar-refractivity contribution in [2.24, 2.45) is 0 Å². The minimum atomic E-state index is -0.269. The molecule has 116 valence electrons. The molecule has 0 N–H and O–H groups in total. The summed E-state index contributed by atoms with van der Waals surface area (Å²) in [5.74, 6) is -0.269. The molecule has 0 atom stereocenters. The van der Waals surface area contributed by atoms with Crippen LogP contribution in [0.1, 0.15) is 19.8 Å². The zero-order valence-corrected chi connectivity index (χ0v) is 13.8. The van der Waals surface area contributed by atoms with Crippen molar-refractivity contribution in [3.8, 4) is 0 Å². The first kappa shape index (κ1) is 15.0. The van der Waals surface area contributed by atoms with Crippen LogP contribution in [0, 0.1) is 5.82 Å². The maximum atomic E-state index is 13.7. The van der Waals surface area contributed by atoms with Crippen LogP contribution in [0.3, 0.4) is 0 Å². The van der Waals surface area contributed by atoms with Crippen molar-refractivity contribution in [2.75, 3.05) is 19.0 Å². The Balaban J connectivity index is 2.46. The highest BCUT2D eigenvalue weighted by Crippen LogP contribution is 2.35. The minimum absolute atomic E-state index is 0.0208. The molecule has 0 saturated carbocycles. The Morgan fingerprint density at radius 2 is 2.09 bits per heavy atom. The van der Waals surface area contributed by atoms with E-state index in [1.165, 1.54) is 23.5 Å². The van der Waals surface area contributed by atoms with Crippen LogP contribution in [0.25, 0.3) is 21.0 Å². The van der Waals surface area contributed by atoms with Gasteiger partial charge in [-0.25, -0.2) is 4.39 Å². The highest BCUT2D eigenvalue weighted by molar-refractivity contribution is 7.18. The van der Waals surface area contributed by atoms with Crippen LogP contribution >= 0.6 is 11.3 Å². The van der Waals surface area contributed by atoms with Gasteiger partial charge in [0.15, 0.2) is 0 Å². The molecule has 0 aliphatic carbocycles. The van der Waals surface area contributed by atoms with E-state index in [4.69, 9.17) is 0 Å². The molecule has 5 heteroatoms. The van der Waals surface area contributed by atoms with E-state index >= 15 is 0 Å². The summed E-state index contributed by atoms with van der Waals surface area (Å²) in [7, 11) is 3.85. The zero-order valence-electron chi connectivity index (χ0n) is 13.0. The summed E-state index contributed by atoms with van der Waals surface area (Å²) in [6.45, 7) is 2.76. The lowest BCUT2D eigenvalue weighted by Gasteiger charge is -2.14.